The fourth-order valence-corrected chi connectivity index (χ4v) is 3.65. The third-order valence-electron chi connectivity index (χ3n) is 4.75. The van der Waals surface area contributed by atoms with Gasteiger partial charge < -0.3 is 9.84 Å². The first-order chi connectivity index (χ1) is 9.60. The molecule has 1 aromatic heterocycles. The highest BCUT2D eigenvalue weighted by Crippen LogP contribution is 2.42. The number of aryl methyl sites for hydroxylation is 1. The van der Waals surface area contributed by atoms with Gasteiger partial charge in [-0.15, -0.1) is 0 Å². The van der Waals surface area contributed by atoms with E-state index in [0.717, 1.165) is 32.3 Å². The Balaban J connectivity index is 1.79. The summed E-state index contributed by atoms with van der Waals surface area (Å²) in [5.74, 6) is -0.895. The van der Waals surface area contributed by atoms with E-state index in [1.165, 1.54) is 19.3 Å². The Morgan fingerprint density at radius 1 is 1.45 bits per heavy atom. The van der Waals surface area contributed by atoms with Crippen LogP contribution in [0.25, 0.3) is 0 Å². The van der Waals surface area contributed by atoms with Crippen LogP contribution in [-0.2, 0) is 4.74 Å². The maximum atomic E-state index is 11.1. The average molecular weight is 278 g/mol. The minimum Gasteiger partial charge on any atom is -0.478 e. The molecule has 0 bridgehead atoms. The summed E-state index contributed by atoms with van der Waals surface area (Å²) in [7, 11) is 0. The number of nitrogens with zero attached hydrogens (tertiary/aromatic N) is 2. The fourth-order valence-electron chi connectivity index (χ4n) is 3.65. The zero-order chi connectivity index (χ0) is 14.2. The van der Waals surface area contributed by atoms with Gasteiger partial charge in [-0.3, -0.25) is 4.68 Å². The van der Waals surface area contributed by atoms with Gasteiger partial charge in [0.2, 0.25) is 0 Å². The van der Waals surface area contributed by atoms with Crippen LogP contribution in [0, 0.1) is 6.92 Å². The molecular weight excluding hydrogens is 256 g/mol. The number of hydrogen-bond acceptors (Lipinski definition) is 3. The van der Waals surface area contributed by atoms with Gasteiger partial charge in [-0.05, 0) is 32.6 Å². The molecule has 0 radical (unpaired) electrons. The smallest absolute Gasteiger partial charge is 0.339 e. The zero-order valence-corrected chi connectivity index (χ0v) is 12.0. The van der Waals surface area contributed by atoms with Crippen molar-refractivity contribution < 1.29 is 14.6 Å². The van der Waals surface area contributed by atoms with E-state index in [4.69, 9.17) is 9.84 Å². The van der Waals surface area contributed by atoms with Crippen molar-refractivity contribution in [2.24, 2.45) is 0 Å². The summed E-state index contributed by atoms with van der Waals surface area (Å²) in [6.07, 6.45) is 9.63. The normalized spacial score (nSPS) is 25.8. The van der Waals surface area contributed by atoms with Crippen molar-refractivity contribution >= 4 is 5.97 Å². The Morgan fingerprint density at radius 2 is 2.20 bits per heavy atom. The van der Waals surface area contributed by atoms with E-state index in [2.05, 4.69) is 5.10 Å². The first kappa shape index (κ1) is 13.6. The second-order valence-corrected chi connectivity index (χ2v) is 6.15. The van der Waals surface area contributed by atoms with E-state index in [1.54, 1.807) is 13.1 Å². The maximum absolute atomic E-state index is 11.1. The minimum absolute atomic E-state index is 0.0183. The lowest BCUT2D eigenvalue weighted by molar-refractivity contribution is -0.115. The predicted octanol–water partition coefficient (Wildman–Crippen LogP) is 2.94. The SMILES string of the molecule is Cc1nn(C2CCOC3(CCCCC3)C2)cc1C(=O)O. The van der Waals surface area contributed by atoms with Gasteiger partial charge in [0.15, 0.2) is 0 Å². The number of carboxylic acids is 1. The van der Waals surface area contributed by atoms with E-state index < -0.39 is 5.97 Å². The summed E-state index contributed by atoms with van der Waals surface area (Å²) in [6.45, 7) is 2.52. The van der Waals surface area contributed by atoms with Crippen molar-refractivity contribution in [2.75, 3.05) is 6.61 Å². The summed E-state index contributed by atoms with van der Waals surface area (Å²) in [6, 6.07) is 0.272. The number of rotatable bonds is 2. The van der Waals surface area contributed by atoms with E-state index >= 15 is 0 Å². The molecule has 110 valence electrons. The molecule has 5 heteroatoms. The van der Waals surface area contributed by atoms with Crippen molar-refractivity contribution in [3.05, 3.63) is 17.5 Å². The largest absolute Gasteiger partial charge is 0.478 e. The molecule has 3 rings (SSSR count). The molecule has 1 N–H and O–H groups in total. The standard InChI is InChI=1S/C15H22N2O3/c1-11-13(14(18)19)10-17(16-11)12-5-8-20-15(9-12)6-3-2-4-7-15/h10,12H,2-9H2,1H3,(H,18,19). The van der Waals surface area contributed by atoms with Gasteiger partial charge in [0.1, 0.15) is 5.56 Å². The summed E-state index contributed by atoms with van der Waals surface area (Å²) in [5, 5.41) is 13.6. The number of aromatic carboxylic acids is 1. The van der Waals surface area contributed by atoms with E-state index in [9.17, 15) is 4.79 Å². The van der Waals surface area contributed by atoms with Crippen LogP contribution in [0.5, 0.6) is 0 Å². The van der Waals surface area contributed by atoms with Crippen molar-refractivity contribution in [3.63, 3.8) is 0 Å². The Morgan fingerprint density at radius 3 is 2.85 bits per heavy atom. The van der Waals surface area contributed by atoms with E-state index in [1.807, 2.05) is 4.68 Å². The molecule has 1 unspecified atom stereocenters. The van der Waals surface area contributed by atoms with Gasteiger partial charge in [0.25, 0.3) is 0 Å². The van der Waals surface area contributed by atoms with E-state index in [0.29, 0.717) is 11.3 Å². The minimum atomic E-state index is -0.895. The Labute approximate surface area is 118 Å². The topological polar surface area (TPSA) is 64.4 Å². The van der Waals surface area contributed by atoms with Gasteiger partial charge in [-0.2, -0.15) is 5.10 Å². The number of hydrogen-bond donors (Lipinski definition) is 1. The molecule has 1 aliphatic heterocycles. The summed E-state index contributed by atoms with van der Waals surface area (Å²) in [4.78, 5) is 11.1. The average Bonchev–Trinajstić information content (AvgIpc) is 2.82. The highest BCUT2D eigenvalue weighted by Gasteiger charge is 2.39. The number of carbonyl (C=O) groups is 1. The molecule has 1 aliphatic carbocycles. The molecule has 5 nitrogen and oxygen atoms in total. The fraction of sp³-hybridized carbons (Fsp3) is 0.733. The van der Waals surface area contributed by atoms with Crippen LogP contribution in [0.1, 0.15) is 67.0 Å². The zero-order valence-electron chi connectivity index (χ0n) is 12.0. The third kappa shape index (κ3) is 2.46. The van der Waals surface area contributed by atoms with Gasteiger partial charge in [-0.25, -0.2) is 4.79 Å². The molecule has 1 atom stereocenters. The van der Waals surface area contributed by atoms with Crippen LogP contribution in [-0.4, -0.2) is 33.1 Å². The molecule has 0 amide bonds. The second kappa shape index (κ2) is 5.20. The van der Waals surface area contributed by atoms with E-state index in [-0.39, 0.29) is 11.6 Å². The van der Waals surface area contributed by atoms with Gasteiger partial charge in [-0.1, -0.05) is 19.3 Å². The van der Waals surface area contributed by atoms with Crippen molar-refractivity contribution in [1.29, 1.82) is 0 Å². The molecule has 1 spiro atoms. The molecule has 1 saturated carbocycles. The Bertz CT molecular complexity index is 498. The monoisotopic (exact) mass is 278 g/mol. The highest BCUT2D eigenvalue weighted by atomic mass is 16.5. The first-order valence-electron chi connectivity index (χ1n) is 7.53. The van der Waals surface area contributed by atoms with Gasteiger partial charge in [0.05, 0.1) is 17.3 Å². The molecular formula is C15H22N2O3. The van der Waals surface area contributed by atoms with Crippen LogP contribution in [0.3, 0.4) is 0 Å². The van der Waals surface area contributed by atoms with Crippen LogP contribution in [0.4, 0.5) is 0 Å². The van der Waals surface area contributed by atoms with Crippen molar-refractivity contribution in [1.82, 2.24) is 9.78 Å². The van der Waals surface area contributed by atoms with Crippen LogP contribution in [0.2, 0.25) is 0 Å². The van der Waals surface area contributed by atoms with Gasteiger partial charge >= 0.3 is 5.97 Å². The Kier molecular flexibility index (Phi) is 3.54. The van der Waals surface area contributed by atoms with Crippen molar-refractivity contribution in [3.8, 4) is 0 Å². The number of aromatic nitrogens is 2. The lowest BCUT2D eigenvalue weighted by Gasteiger charge is -2.43. The van der Waals surface area contributed by atoms with Crippen LogP contribution in [0.15, 0.2) is 6.20 Å². The number of carboxylic acid groups (broad SMARTS) is 1. The number of ether oxygens (including phenoxy) is 1. The van der Waals surface area contributed by atoms with Crippen LogP contribution >= 0.6 is 0 Å². The van der Waals surface area contributed by atoms with Crippen LogP contribution < -0.4 is 0 Å². The summed E-state index contributed by atoms with van der Waals surface area (Å²) < 4.78 is 7.94. The molecule has 2 heterocycles. The maximum Gasteiger partial charge on any atom is 0.339 e. The molecule has 20 heavy (non-hydrogen) atoms. The first-order valence-corrected chi connectivity index (χ1v) is 7.53. The lowest BCUT2D eigenvalue weighted by atomic mass is 9.78. The molecule has 2 fully saturated rings. The second-order valence-electron chi connectivity index (χ2n) is 6.15. The Hall–Kier alpha value is -1.36. The molecule has 0 aromatic carbocycles. The third-order valence-corrected chi connectivity index (χ3v) is 4.75. The summed E-state index contributed by atoms with van der Waals surface area (Å²) >= 11 is 0. The van der Waals surface area contributed by atoms with Gasteiger partial charge in [0, 0.05) is 12.8 Å². The molecule has 1 aromatic rings. The highest BCUT2D eigenvalue weighted by molar-refractivity contribution is 5.88. The molecule has 1 saturated heterocycles. The lowest BCUT2D eigenvalue weighted by Crippen LogP contribution is -2.42. The predicted molar refractivity (Wildman–Crippen MR) is 74.0 cm³/mol. The molecule has 2 aliphatic rings. The quantitative estimate of drug-likeness (QED) is 0.903. The van der Waals surface area contributed by atoms with Crippen molar-refractivity contribution in [2.45, 2.75) is 63.5 Å². The summed E-state index contributed by atoms with van der Waals surface area (Å²) in [5.41, 5.74) is 0.931.